The van der Waals surface area contributed by atoms with Crippen molar-refractivity contribution in [1.82, 2.24) is 0 Å². The number of benzene rings is 1. The summed E-state index contributed by atoms with van der Waals surface area (Å²) in [6.07, 6.45) is -0.764. The van der Waals surface area contributed by atoms with Crippen LogP contribution in [0.1, 0.15) is 5.56 Å². The van der Waals surface area contributed by atoms with Crippen molar-refractivity contribution in [2.45, 2.75) is 6.10 Å². The quantitative estimate of drug-likeness (QED) is 0.606. The summed E-state index contributed by atoms with van der Waals surface area (Å²) in [6, 6.07) is 6.29. The van der Waals surface area contributed by atoms with Gasteiger partial charge in [-0.2, -0.15) is 5.26 Å². The van der Waals surface area contributed by atoms with Crippen LogP contribution in [0.15, 0.2) is 18.2 Å². The highest BCUT2D eigenvalue weighted by Gasteiger charge is 2.23. The van der Waals surface area contributed by atoms with E-state index in [1.165, 1.54) is 18.1 Å². The molecule has 0 spiro atoms. The molecule has 0 bridgehead atoms. The van der Waals surface area contributed by atoms with Crippen LogP contribution < -0.4 is 4.90 Å². The highest BCUT2D eigenvalue weighted by atomic mass is 16.6. The van der Waals surface area contributed by atoms with Crippen molar-refractivity contribution in [2.75, 3.05) is 32.2 Å². The number of nitrogens with zero attached hydrogens (tertiary/aromatic N) is 3. The lowest BCUT2D eigenvalue weighted by Crippen LogP contribution is -2.32. The molecule has 0 aromatic heterocycles. The first-order valence-electron chi connectivity index (χ1n) is 5.57. The molecule has 0 fully saturated rings. The zero-order valence-electron chi connectivity index (χ0n) is 10.7. The van der Waals surface area contributed by atoms with Crippen molar-refractivity contribution < 1.29 is 14.8 Å². The molecular weight excluding hydrogens is 250 g/mol. The Hall–Kier alpha value is -2.17. The van der Waals surface area contributed by atoms with E-state index in [-0.39, 0.29) is 24.4 Å². The minimum Gasteiger partial charge on any atom is -0.389 e. The number of aliphatic hydroxyl groups is 1. The Morgan fingerprint density at radius 2 is 2.32 bits per heavy atom. The number of para-hydroxylation sites is 1. The third-order valence-corrected chi connectivity index (χ3v) is 2.57. The van der Waals surface area contributed by atoms with E-state index in [0.29, 0.717) is 5.69 Å². The molecule has 1 atom stereocenters. The molecule has 0 aliphatic rings. The van der Waals surface area contributed by atoms with Crippen molar-refractivity contribution >= 4 is 11.4 Å². The smallest absolute Gasteiger partial charge is 0.310 e. The summed E-state index contributed by atoms with van der Waals surface area (Å²) in [5.41, 5.74) is 0.0342. The minimum absolute atomic E-state index is 0.00409. The molecule has 0 radical (unpaired) electrons. The SMILES string of the molecule is COCC(O)CN(C)c1cccc(C#N)c1[N+](=O)[O-]. The van der Waals surface area contributed by atoms with E-state index in [9.17, 15) is 15.2 Å². The number of anilines is 1. The van der Waals surface area contributed by atoms with Crippen molar-refractivity contribution in [3.63, 3.8) is 0 Å². The largest absolute Gasteiger partial charge is 0.389 e. The highest BCUT2D eigenvalue weighted by molar-refractivity contribution is 5.69. The molecule has 7 nitrogen and oxygen atoms in total. The van der Waals surface area contributed by atoms with Crippen LogP contribution in [-0.4, -0.2) is 43.4 Å². The monoisotopic (exact) mass is 265 g/mol. The van der Waals surface area contributed by atoms with Crippen LogP contribution in [0.5, 0.6) is 0 Å². The van der Waals surface area contributed by atoms with Crippen molar-refractivity contribution in [2.24, 2.45) is 0 Å². The maximum absolute atomic E-state index is 11.1. The van der Waals surface area contributed by atoms with Gasteiger partial charge in [-0.15, -0.1) is 0 Å². The first kappa shape index (κ1) is 14.9. The van der Waals surface area contributed by atoms with Crippen LogP contribution in [0, 0.1) is 21.4 Å². The first-order chi connectivity index (χ1) is 9.01. The van der Waals surface area contributed by atoms with Gasteiger partial charge in [0.05, 0.1) is 17.6 Å². The van der Waals surface area contributed by atoms with Gasteiger partial charge in [0.2, 0.25) is 0 Å². The van der Waals surface area contributed by atoms with Crippen molar-refractivity contribution in [3.8, 4) is 6.07 Å². The summed E-state index contributed by atoms with van der Waals surface area (Å²) in [5, 5.41) is 29.6. The zero-order chi connectivity index (χ0) is 14.4. The van der Waals surface area contributed by atoms with Crippen LogP contribution >= 0.6 is 0 Å². The molecule has 102 valence electrons. The average molecular weight is 265 g/mol. The Morgan fingerprint density at radius 1 is 1.63 bits per heavy atom. The van der Waals surface area contributed by atoms with Gasteiger partial charge in [0, 0.05) is 20.7 Å². The number of nitro benzene ring substituents is 1. The molecule has 19 heavy (non-hydrogen) atoms. The normalized spacial score (nSPS) is 11.7. The van der Waals surface area contributed by atoms with Crippen LogP contribution in [0.4, 0.5) is 11.4 Å². The van der Waals surface area contributed by atoms with Crippen molar-refractivity contribution in [3.05, 3.63) is 33.9 Å². The third kappa shape index (κ3) is 3.64. The maximum atomic E-state index is 11.1. The zero-order valence-corrected chi connectivity index (χ0v) is 10.7. The van der Waals surface area contributed by atoms with E-state index >= 15 is 0 Å². The van der Waals surface area contributed by atoms with E-state index in [2.05, 4.69) is 0 Å². The fourth-order valence-corrected chi connectivity index (χ4v) is 1.78. The molecule has 1 N–H and O–H groups in total. The predicted octanol–water partition coefficient (Wildman–Crippen LogP) is 0.910. The third-order valence-electron chi connectivity index (χ3n) is 2.57. The molecule has 1 aromatic carbocycles. The van der Waals surface area contributed by atoms with Crippen LogP contribution in [0.2, 0.25) is 0 Å². The Bertz CT molecular complexity index is 498. The lowest BCUT2D eigenvalue weighted by Gasteiger charge is -2.22. The lowest BCUT2D eigenvalue weighted by molar-refractivity contribution is -0.384. The summed E-state index contributed by atoms with van der Waals surface area (Å²) in [6.45, 7) is 0.305. The number of ether oxygens (including phenoxy) is 1. The lowest BCUT2D eigenvalue weighted by atomic mass is 10.1. The molecule has 0 saturated heterocycles. The molecule has 0 aliphatic carbocycles. The van der Waals surface area contributed by atoms with E-state index in [1.54, 1.807) is 25.2 Å². The molecule has 0 amide bonds. The average Bonchev–Trinajstić information content (AvgIpc) is 2.37. The number of rotatable bonds is 6. The summed E-state index contributed by atoms with van der Waals surface area (Å²) in [5.74, 6) is 0. The first-order valence-corrected chi connectivity index (χ1v) is 5.57. The van der Waals surface area contributed by atoms with E-state index < -0.39 is 11.0 Å². The Balaban J connectivity index is 3.06. The number of methoxy groups -OCH3 is 1. The van der Waals surface area contributed by atoms with Gasteiger partial charge >= 0.3 is 5.69 Å². The van der Waals surface area contributed by atoms with Gasteiger partial charge in [0.15, 0.2) is 0 Å². The molecule has 1 unspecified atom stereocenters. The molecule has 0 heterocycles. The molecule has 1 aromatic rings. The molecule has 0 aliphatic heterocycles. The van der Waals surface area contributed by atoms with Crippen molar-refractivity contribution in [1.29, 1.82) is 5.26 Å². The number of nitro groups is 1. The second-order valence-electron chi connectivity index (χ2n) is 4.03. The molecular formula is C12H15N3O4. The molecule has 0 saturated carbocycles. The van der Waals surface area contributed by atoms with E-state index in [4.69, 9.17) is 10.00 Å². The maximum Gasteiger partial charge on any atom is 0.310 e. The summed E-state index contributed by atoms with van der Waals surface area (Å²) in [4.78, 5) is 12.0. The Kier molecular flexibility index (Phi) is 5.23. The van der Waals surface area contributed by atoms with Gasteiger partial charge in [0.25, 0.3) is 0 Å². The van der Waals surface area contributed by atoms with Crippen LogP contribution in [-0.2, 0) is 4.74 Å². The van der Waals surface area contributed by atoms with Gasteiger partial charge in [-0.05, 0) is 12.1 Å². The minimum atomic E-state index is -0.764. The van der Waals surface area contributed by atoms with Crippen LogP contribution in [0.3, 0.4) is 0 Å². The van der Waals surface area contributed by atoms with Gasteiger partial charge in [-0.3, -0.25) is 10.1 Å². The summed E-state index contributed by atoms with van der Waals surface area (Å²) in [7, 11) is 3.07. The molecule has 1 rings (SSSR count). The van der Waals surface area contributed by atoms with Crippen LogP contribution in [0.25, 0.3) is 0 Å². The second-order valence-corrected chi connectivity index (χ2v) is 4.03. The van der Waals surface area contributed by atoms with Gasteiger partial charge in [0.1, 0.15) is 17.3 Å². The fraction of sp³-hybridized carbons (Fsp3) is 0.417. The number of hydrogen-bond donors (Lipinski definition) is 1. The van der Waals surface area contributed by atoms with E-state index in [1.807, 2.05) is 0 Å². The molecule has 7 heteroatoms. The Labute approximate surface area is 110 Å². The summed E-state index contributed by atoms with van der Waals surface area (Å²) >= 11 is 0. The van der Waals surface area contributed by atoms with E-state index in [0.717, 1.165) is 0 Å². The van der Waals surface area contributed by atoms with Gasteiger partial charge in [-0.1, -0.05) is 6.07 Å². The highest BCUT2D eigenvalue weighted by Crippen LogP contribution is 2.30. The Morgan fingerprint density at radius 3 is 2.84 bits per heavy atom. The topological polar surface area (TPSA) is 99.6 Å². The standard InChI is InChI=1S/C12H15N3O4/c1-14(7-10(16)8-19-2)11-5-3-4-9(6-13)12(11)15(17)18/h3-5,10,16H,7-8H2,1-2H3. The predicted molar refractivity (Wildman–Crippen MR) is 69.0 cm³/mol. The van der Waals surface area contributed by atoms with Gasteiger partial charge < -0.3 is 14.7 Å². The fourth-order valence-electron chi connectivity index (χ4n) is 1.78. The second kappa shape index (κ2) is 6.68. The number of nitriles is 1. The number of likely N-dealkylation sites (N-methyl/N-ethyl adjacent to an activating group) is 1. The van der Waals surface area contributed by atoms with Gasteiger partial charge in [-0.25, -0.2) is 0 Å². The number of hydrogen-bond acceptors (Lipinski definition) is 6. The number of aliphatic hydroxyl groups excluding tert-OH is 1. The summed E-state index contributed by atoms with van der Waals surface area (Å²) < 4.78 is 4.80.